The molecule has 0 fully saturated rings. The van der Waals surface area contributed by atoms with Crippen LogP contribution in [0.2, 0.25) is 13.1 Å². The number of nitrogens with zero attached hydrogens (tertiary/aromatic N) is 1. The second-order valence-electron chi connectivity index (χ2n) is 6.42. The summed E-state index contributed by atoms with van der Waals surface area (Å²) in [6.07, 6.45) is 0. The maximum Gasteiger partial charge on any atom is 0.0708 e. The summed E-state index contributed by atoms with van der Waals surface area (Å²) in [6, 6.07) is 8.51. The van der Waals surface area contributed by atoms with Gasteiger partial charge in [-0.1, -0.05) is 52.1 Å². The fourth-order valence-corrected chi connectivity index (χ4v) is 4.74. The van der Waals surface area contributed by atoms with Gasteiger partial charge >= 0.3 is 0 Å². The highest BCUT2D eigenvalue weighted by Crippen LogP contribution is 2.24. The average molecular weight is 257 g/mol. The lowest BCUT2D eigenvalue weighted by molar-refractivity contribution is 0.575. The number of benzene rings is 1. The average Bonchev–Trinajstić information content (AvgIpc) is 2.27. The van der Waals surface area contributed by atoms with E-state index < -0.39 is 8.80 Å². The van der Waals surface area contributed by atoms with E-state index in [1.165, 1.54) is 16.6 Å². The van der Waals surface area contributed by atoms with Crippen LogP contribution in [0.4, 0.5) is 0 Å². The van der Waals surface area contributed by atoms with Crippen LogP contribution < -0.4 is 5.19 Å². The third-order valence-corrected chi connectivity index (χ3v) is 5.35. The van der Waals surface area contributed by atoms with Crippen molar-refractivity contribution in [3.05, 3.63) is 35.5 Å². The molecule has 1 aromatic carbocycles. The van der Waals surface area contributed by atoms with Crippen molar-refractivity contribution in [2.75, 3.05) is 0 Å². The first-order valence-corrected chi connectivity index (χ1v) is 9.60. The van der Waals surface area contributed by atoms with E-state index >= 15 is 0 Å². The zero-order chi connectivity index (χ0) is 13.5. The van der Waals surface area contributed by atoms with Crippen molar-refractivity contribution in [2.45, 2.75) is 46.2 Å². The van der Waals surface area contributed by atoms with Crippen LogP contribution in [0.3, 0.4) is 0 Å². The molecule has 0 amide bonds. The smallest absolute Gasteiger partial charge is 0.0708 e. The zero-order valence-corrected chi connectivity index (χ0v) is 13.5. The predicted molar refractivity (Wildman–Crippen MR) is 83.7 cm³/mol. The molecule has 2 heteroatoms. The van der Waals surface area contributed by atoms with Gasteiger partial charge in [-0.2, -0.15) is 0 Å². The number of para-hydroxylation sites is 1. The van der Waals surface area contributed by atoms with E-state index in [0.717, 1.165) is 5.52 Å². The van der Waals surface area contributed by atoms with Crippen molar-refractivity contribution >= 4 is 24.9 Å². The van der Waals surface area contributed by atoms with Crippen LogP contribution in [0.15, 0.2) is 24.3 Å². The number of pyridine rings is 1. The van der Waals surface area contributed by atoms with Gasteiger partial charge < -0.3 is 0 Å². The van der Waals surface area contributed by atoms with E-state index in [1.54, 1.807) is 5.19 Å². The molecule has 0 atom stereocenters. The highest BCUT2D eigenvalue weighted by Gasteiger charge is 2.24. The van der Waals surface area contributed by atoms with Crippen molar-refractivity contribution in [1.29, 1.82) is 0 Å². The molecule has 0 saturated heterocycles. The Balaban J connectivity index is 2.88. The van der Waals surface area contributed by atoms with Gasteiger partial charge in [0.25, 0.3) is 0 Å². The second kappa shape index (κ2) is 4.50. The van der Waals surface area contributed by atoms with Crippen LogP contribution in [0, 0.1) is 6.92 Å². The summed E-state index contributed by atoms with van der Waals surface area (Å²) in [4.78, 5) is 4.96. The Morgan fingerprint density at radius 3 is 2.22 bits per heavy atom. The Kier molecular flexibility index (Phi) is 3.32. The number of aryl methyl sites for hydroxylation is 1. The van der Waals surface area contributed by atoms with E-state index in [9.17, 15) is 0 Å². The standard InChI is InChI=1S/C16H23NSi/c1-11-12-9-7-8-10-13(12)17-15(16(2,3)4)14(11)18(5)6/h7-10,18H,1-6H3. The third kappa shape index (κ3) is 2.22. The van der Waals surface area contributed by atoms with Crippen molar-refractivity contribution < 1.29 is 0 Å². The maximum absolute atomic E-state index is 4.96. The summed E-state index contributed by atoms with van der Waals surface area (Å²) in [5.74, 6) is 0. The minimum atomic E-state index is -0.877. The molecular formula is C16H23NSi. The van der Waals surface area contributed by atoms with Crippen LogP contribution in [0.1, 0.15) is 32.0 Å². The minimum Gasteiger partial charge on any atom is -0.252 e. The molecule has 0 radical (unpaired) electrons. The molecule has 0 bridgehead atoms. The molecule has 1 aromatic heterocycles. The van der Waals surface area contributed by atoms with Crippen molar-refractivity contribution in [3.63, 3.8) is 0 Å². The molecule has 1 nitrogen and oxygen atoms in total. The van der Waals surface area contributed by atoms with E-state index in [-0.39, 0.29) is 5.41 Å². The molecule has 0 unspecified atom stereocenters. The quantitative estimate of drug-likeness (QED) is 0.712. The van der Waals surface area contributed by atoms with E-state index in [2.05, 4.69) is 65.1 Å². The van der Waals surface area contributed by atoms with E-state index in [1.807, 2.05) is 0 Å². The Morgan fingerprint density at radius 2 is 1.67 bits per heavy atom. The largest absolute Gasteiger partial charge is 0.252 e. The Bertz CT molecular complexity index is 579. The van der Waals surface area contributed by atoms with Gasteiger partial charge in [-0.25, -0.2) is 0 Å². The fraction of sp³-hybridized carbons (Fsp3) is 0.438. The van der Waals surface area contributed by atoms with Gasteiger partial charge in [0, 0.05) is 16.5 Å². The topological polar surface area (TPSA) is 12.9 Å². The summed E-state index contributed by atoms with van der Waals surface area (Å²) >= 11 is 0. The number of hydrogen-bond acceptors (Lipinski definition) is 1. The highest BCUT2D eigenvalue weighted by atomic mass is 28.3. The molecule has 18 heavy (non-hydrogen) atoms. The normalized spacial score (nSPS) is 12.4. The van der Waals surface area contributed by atoms with Gasteiger partial charge in [-0.3, -0.25) is 4.98 Å². The second-order valence-corrected chi connectivity index (χ2v) is 9.31. The molecule has 2 aromatic rings. The Labute approximate surface area is 112 Å². The Morgan fingerprint density at radius 1 is 1.06 bits per heavy atom. The van der Waals surface area contributed by atoms with Crippen LogP contribution in [-0.2, 0) is 5.41 Å². The molecule has 0 aliphatic rings. The summed E-state index contributed by atoms with van der Waals surface area (Å²) in [5, 5.41) is 2.88. The Hall–Kier alpha value is -1.15. The van der Waals surface area contributed by atoms with Crippen LogP contribution in [0.25, 0.3) is 10.9 Å². The molecule has 1 heterocycles. The summed E-state index contributed by atoms with van der Waals surface area (Å²) in [5.41, 5.74) is 4.02. The third-order valence-electron chi connectivity index (χ3n) is 3.49. The van der Waals surface area contributed by atoms with Crippen molar-refractivity contribution in [1.82, 2.24) is 4.98 Å². The van der Waals surface area contributed by atoms with Crippen molar-refractivity contribution in [3.8, 4) is 0 Å². The lowest BCUT2D eigenvalue weighted by Crippen LogP contribution is -2.36. The first kappa shape index (κ1) is 13.3. The predicted octanol–water partition coefficient (Wildman–Crippen LogP) is 3.53. The minimum absolute atomic E-state index is 0.126. The number of aromatic nitrogens is 1. The summed E-state index contributed by atoms with van der Waals surface area (Å²) < 4.78 is 0. The van der Waals surface area contributed by atoms with Gasteiger partial charge in [0.15, 0.2) is 0 Å². The van der Waals surface area contributed by atoms with Gasteiger partial charge in [0.1, 0.15) is 0 Å². The maximum atomic E-state index is 4.96. The monoisotopic (exact) mass is 257 g/mol. The fourth-order valence-electron chi connectivity index (χ4n) is 2.67. The van der Waals surface area contributed by atoms with E-state index in [0.29, 0.717) is 0 Å². The van der Waals surface area contributed by atoms with Gasteiger partial charge in [-0.05, 0) is 23.7 Å². The molecule has 96 valence electrons. The molecule has 0 aliphatic carbocycles. The van der Waals surface area contributed by atoms with E-state index in [4.69, 9.17) is 4.98 Å². The molecule has 0 spiro atoms. The molecule has 0 N–H and O–H groups in total. The van der Waals surface area contributed by atoms with Gasteiger partial charge in [-0.15, -0.1) is 0 Å². The lowest BCUT2D eigenvalue weighted by atomic mass is 9.90. The summed E-state index contributed by atoms with van der Waals surface area (Å²) in [6.45, 7) is 13.9. The summed E-state index contributed by atoms with van der Waals surface area (Å²) in [7, 11) is -0.877. The molecule has 0 saturated carbocycles. The highest BCUT2D eigenvalue weighted by molar-refractivity contribution is 6.71. The van der Waals surface area contributed by atoms with Crippen molar-refractivity contribution in [2.24, 2.45) is 0 Å². The van der Waals surface area contributed by atoms with Crippen LogP contribution in [-0.4, -0.2) is 13.8 Å². The van der Waals surface area contributed by atoms with Gasteiger partial charge in [0.05, 0.1) is 14.3 Å². The number of fused-ring (bicyclic) bond motifs is 1. The number of rotatable bonds is 1. The van der Waals surface area contributed by atoms with Gasteiger partial charge in [0.2, 0.25) is 0 Å². The molecular weight excluding hydrogens is 234 g/mol. The lowest BCUT2D eigenvalue weighted by Gasteiger charge is -2.26. The SMILES string of the molecule is Cc1c([SiH](C)C)c(C(C)(C)C)nc2ccccc12. The van der Waals surface area contributed by atoms with Crippen LogP contribution >= 0.6 is 0 Å². The zero-order valence-electron chi connectivity index (χ0n) is 12.3. The molecule has 2 rings (SSSR count). The molecule has 0 aliphatic heterocycles. The number of hydrogen-bond donors (Lipinski definition) is 0. The first-order chi connectivity index (χ1) is 8.32. The van der Waals surface area contributed by atoms with Crippen LogP contribution in [0.5, 0.6) is 0 Å². The first-order valence-electron chi connectivity index (χ1n) is 6.72.